The summed E-state index contributed by atoms with van der Waals surface area (Å²) in [5.41, 5.74) is 5.00. The molecule has 7 nitrogen and oxygen atoms in total. The van der Waals surface area contributed by atoms with Crippen molar-refractivity contribution in [3.63, 3.8) is 0 Å². The second-order valence-corrected chi connectivity index (χ2v) is 11.3. The first-order valence-corrected chi connectivity index (χ1v) is 12.9. The molecule has 0 radical (unpaired) electrons. The molecule has 3 heterocycles. The van der Waals surface area contributed by atoms with Gasteiger partial charge in [-0.05, 0) is 76.9 Å². The Bertz CT molecular complexity index is 1480. The number of aromatic nitrogens is 2. The summed E-state index contributed by atoms with van der Waals surface area (Å²) in [6, 6.07) is 7.86. The van der Waals surface area contributed by atoms with E-state index in [-0.39, 0.29) is 6.10 Å². The van der Waals surface area contributed by atoms with Crippen molar-refractivity contribution in [1.82, 2.24) is 9.97 Å². The Morgan fingerprint density at radius 3 is 2.69 bits per heavy atom. The number of carbonyl (C=O) groups is 1. The summed E-state index contributed by atoms with van der Waals surface area (Å²) in [6.07, 6.45) is 1.39. The topological polar surface area (TPSA) is 90.8 Å². The first-order valence-electron chi connectivity index (χ1n) is 12.1. The van der Waals surface area contributed by atoms with Crippen LogP contribution in [0.4, 0.5) is 0 Å². The number of aryl methyl sites for hydroxylation is 1. The molecule has 2 aromatic heterocycles. The van der Waals surface area contributed by atoms with Crippen molar-refractivity contribution in [2.24, 2.45) is 0 Å². The third kappa shape index (κ3) is 4.40. The molecule has 1 aliphatic rings. The zero-order chi connectivity index (χ0) is 25.8. The maximum atomic E-state index is 12.6. The van der Waals surface area contributed by atoms with Crippen molar-refractivity contribution in [1.29, 1.82) is 0 Å². The van der Waals surface area contributed by atoms with Gasteiger partial charge in [-0.15, -0.1) is 0 Å². The quantitative estimate of drug-likeness (QED) is 0.320. The van der Waals surface area contributed by atoms with Gasteiger partial charge in [-0.2, -0.15) is 0 Å². The molecule has 4 aromatic rings. The Morgan fingerprint density at radius 1 is 1.22 bits per heavy atom. The predicted octanol–water partition coefficient (Wildman–Crippen LogP) is 6.48. The molecule has 1 unspecified atom stereocenters. The molecule has 0 amide bonds. The van der Waals surface area contributed by atoms with Crippen LogP contribution in [0.3, 0.4) is 0 Å². The SMILES string of the molecule is Cc1cc2nc(OC(C)C)sc2c(-c2ccc3c4c(ccnc24)CCO3)c1C(OC(C)(C)C)C(=O)O. The molecule has 2 aromatic carbocycles. The van der Waals surface area contributed by atoms with Crippen LogP contribution < -0.4 is 9.47 Å². The number of hydrogen-bond acceptors (Lipinski definition) is 7. The number of ether oxygens (including phenoxy) is 3. The van der Waals surface area contributed by atoms with E-state index in [1.807, 2.05) is 72.0 Å². The number of carboxylic acids is 1. The highest BCUT2D eigenvalue weighted by atomic mass is 32.1. The van der Waals surface area contributed by atoms with E-state index < -0.39 is 17.7 Å². The lowest BCUT2D eigenvalue weighted by molar-refractivity contribution is -0.160. The number of aliphatic carboxylic acids is 1. The lowest BCUT2D eigenvalue weighted by atomic mass is 9.89. The summed E-state index contributed by atoms with van der Waals surface area (Å²) in [4.78, 5) is 22.1. The van der Waals surface area contributed by atoms with Crippen molar-refractivity contribution in [2.45, 2.75) is 65.8 Å². The van der Waals surface area contributed by atoms with E-state index >= 15 is 0 Å². The Hall–Kier alpha value is -3.23. The maximum absolute atomic E-state index is 12.6. The van der Waals surface area contributed by atoms with Crippen molar-refractivity contribution in [3.8, 4) is 22.1 Å². The van der Waals surface area contributed by atoms with Gasteiger partial charge in [-0.1, -0.05) is 11.3 Å². The molecule has 1 aliphatic heterocycles. The lowest BCUT2D eigenvalue weighted by Crippen LogP contribution is -2.28. The van der Waals surface area contributed by atoms with Crippen molar-refractivity contribution in [2.75, 3.05) is 6.61 Å². The molecule has 188 valence electrons. The number of thiazole rings is 1. The molecule has 0 bridgehead atoms. The van der Waals surface area contributed by atoms with Crippen LogP contribution in [0.15, 0.2) is 30.5 Å². The molecule has 0 fully saturated rings. The first kappa shape index (κ1) is 24.5. The van der Waals surface area contributed by atoms with Crippen molar-refractivity contribution in [3.05, 3.63) is 47.2 Å². The highest BCUT2D eigenvalue weighted by molar-refractivity contribution is 7.20. The minimum Gasteiger partial charge on any atom is -0.493 e. The summed E-state index contributed by atoms with van der Waals surface area (Å²) >= 11 is 1.41. The van der Waals surface area contributed by atoms with E-state index in [1.165, 1.54) is 16.9 Å². The second kappa shape index (κ2) is 9.01. The van der Waals surface area contributed by atoms with Gasteiger partial charge in [-0.25, -0.2) is 9.78 Å². The van der Waals surface area contributed by atoms with E-state index in [0.717, 1.165) is 50.0 Å². The van der Waals surface area contributed by atoms with Gasteiger partial charge in [0.1, 0.15) is 5.75 Å². The highest BCUT2D eigenvalue weighted by Crippen LogP contribution is 2.47. The molecule has 0 spiro atoms. The van der Waals surface area contributed by atoms with Gasteiger partial charge in [0.05, 0.1) is 34.0 Å². The van der Waals surface area contributed by atoms with Crippen molar-refractivity contribution >= 4 is 38.4 Å². The minimum atomic E-state index is -1.18. The van der Waals surface area contributed by atoms with E-state index in [1.54, 1.807) is 0 Å². The lowest BCUT2D eigenvalue weighted by Gasteiger charge is -2.28. The number of rotatable bonds is 6. The smallest absolute Gasteiger partial charge is 0.337 e. The zero-order valence-electron chi connectivity index (χ0n) is 21.3. The summed E-state index contributed by atoms with van der Waals surface area (Å²) in [5, 5.41) is 11.8. The van der Waals surface area contributed by atoms with E-state index in [2.05, 4.69) is 0 Å². The molecular weight excluding hydrogens is 476 g/mol. The van der Waals surface area contributed by atoms with Gasteiger partial charge in [0.25, 0.3) is 5.19 Å². The largest absolute Gasteiger partial charge is 0.493 e. The van der Waals surface area contributed by atoms with Crippen LogP contribution in [0.25, 0.3) is 32.2 Å². The molecule has 0 aliphatic carbocycles. The van der Waals surface area contributed by atoms with Crippen molar-refractivity contribution < 1.29 is 24.1 Å². The third-order valence-electron chi connectivity index (χ3n) is 6.04. The van der Waals surface area contributed by atoms with Crippen LogP contribution in [0.1, 0.15) is 57.4 Å². The van der Waals surface area contributed by atoms with Crippen LogP contribution in [0, 0.1) is 6.92 Å². The highest BCUT2D eigenvalue weighted by Gasteiger charge is 2.33. The van der Waals surface area contributed by atoms with E-state index in [4.69, 9.17) is 24.2 Å². The molecule has 1 atom stereocenters. The number of carboxylic acid groups (broad SMARTS) is 1. The van der Waals surface area contributed by atoms with Crippen LogP contribution in [-0.4, -0.2) is 39.4 Å². The Labute approximate surface area is 214 Å². The fraction of sp³-hybridized carbons (Fsp3) is 0.393. The number of fused-ring (bicyclic) bond motifs is 1. The Balaban J connectivity index is 1.88. The summed E-state index contributed by atoms with van der Waals surface area (Å²) < 4.78 is 18.9. The summed E-state index contributed by atoms with van der Waals surface area (Å²) in [5.74, 6) is -0.252. The van der Waals surface area contributed by atoms with Crippen LogP contribution in [0.5, 0.6) is 10.9 Å². The van der Waals surface area contributed by atoms with Gasteiger partial charge < -0.3 is 19.3 Å². The number of nitrogens with zero attached hydrogens (tertiary/aromatic N) is 2. The van der Waals surface area contributed by atoms with Crippen LogP contribution >= 0.6 is 11.3 Å². The standard InChI is InChI=1S/C28H30N2O5S/c1-14(2)34-27-30-18-13-15(3)20(24(26(31)32)35-28(4,5)6)22(25(18)36-27)17-7-8-19-21-16(10-12-33-19)9-11-29-23(17)21/h7-9,11,13-14,24H,10,12H2,1-6H3,(H,31,32). The first-order chi connectivity index (χ1) is 17.0. The van der Waals surface area contributed by atoms with Gasteiger partial charge in [0.15, 0.2) is 6.10 Å². The zero-order valence-corrected chi connectivity index (χ0v) is 22.2. The summed E-state index contributed by atoms with van der Waals surface area (Å²) in [7, 11) is 0. The van der Waals surface area contributed by atoms with Gasteiger partial charge in [-0.3, -0.25) is 4.98 Å². The van der Waals surface area contributed by atoms with Gasteiger partial charge in [0.2, 0.25) is 0 Å². The van der Waals surface area contributed by atoms with Gasteiger partial charge in [0, 0.05) is 34.7 Å². The molecule has 8 heteroatoms. The third-order valence-corrected chi connectivity index (χ3v) is 7.02. The molecule has 0 saturated heterocycles. The molecule has 5 rings (SSSR count). The average Bonchev–Trinajstić information content (AvgIpc) is 3.18. The van der Waals surface area contributed by atoms with E-state index in [0.29, 0.717) is 17.4 Å². The van der Waals surface area contributed by atoms with Crippen LogP contribution in [-0.2, 0) is 16.0 Å². The summed E-state index contributed by atoms with van der Waals surface area (Å²) in [6.45, 7) is 12.0. The Kier molecular flexibility index (Phi) is 6.12. The monoisotopic (exact) mass is 506 g/mol. The molecular formula is C28H30N2O5S. The van der Waals surface area contributed by atoms with E-state index in [9.17, 15) is 9.90 Å². The fourth-order valence-electron chi connectivity index (χ4n) is 4.74. The number of hydrogen-bond donors (Lipinski definition) is 1. The predicted molar refractivity (Wildman–Crippen MR) is 141 cm³/mol. The Morgan fingerprint density at radius 2 is 2.00 bits per heavy atom. The number of benzene rings is 2. The van der Waals surface area contributed by atoms with Crippen LogP contribution in [0.2, 0.25) is 0 Å². The normalized spacial score (nSPS) is 14.3. The average molecular weight is 507 g/mol. The fourth-order valence-corrected chi connectivity index (χ4v) is 5.83. The van der Waals surface area contributed by atoms with Gasteiger partial charge >= 0.3 is 5.97 Å². The molecule has 36 heavy (non-hydrogen) atoms. The number of pyridine rings is 1. The minimum absolute atomic E-state index is 0.0371. The molecule has 0 saturated carbocycles. The molecule has 1 N–H and O–H groups in total. The maximum Gasteiger partial charge on any atom is 0.337 e. The second-order valence-electron chi connectivity index (χ2n) is 10.3.